The largest absolute Gasteiger partial charge is 0.456 e. The first-order valence-corrected chi connectivity index (χ1v) is 19.2. The molecule has 1 aliphatic heterocycles. The van der Waals surface area contributed by atoms with Crippen LogP contribution in [0.25, 0.3) is 82.5 Å². The smallest absolute Gasteiger partial charge is 0.159 e. The molecule has 1 N–H and O–H groups in total. The summed E-state index contributed by atoms with van der Waals surface area (Å²) in [5, 5.41) is 10.4. The second kappa shape index (κ2) is 12.4. The van der Waals surface area contributed by atoms with E-state index in [9.17, 15) is 0 Å². The number of nitrogens with zero attached hydrogens (tertiary/aromatic N) is 3. The van der Waals surface area contributed by atoms with Gasteiger partial charge in [-0.05, 0) is 71.8 Å². The summed E-state index contributed by atoms with van der Waals surface area (Å²) < 4.78 is 15.4. The lowest BCUT2D eigenvalue weighted by atomic mass is 9.99. The Hall–Kier alpha value is -7.70. The fourth-order valence-electron chi connectivity index (χ4n) is 8.61. The molecule has 1 atom stereocenters. The standard InChI is InChI=1S/C51H32N4O2/c1-3-12-31(13-4-1)49-52-50(32-14-5-2-6-15-32)54-51(53-49)40-18-11-21-45-48(40)39-26-23-34(29-47(39)57-45)33-22-25-38-41-30-35(24-27-44(41)56-46(38)28-33)55-42-19-9-7-16-36(42)37-17-8-10-20-43(37)55/h1-30,51H,(H,52,53,54). The third-order valence-electron chi connectivity index (χ3n) is 11.3. The van der Waals surface area contributed by atoms with Crippen molar-refractivity contribution in [2.45, 2.75) is 6.17 Å². The molecule has 4 heterocycles. The molecule has 12 rings (SSSR count). The van der Waals surface area contributed by atoms with Gasteiger partial charge in [-0.2, -0.15) is 0 Å². The maximum Gasteiger partial charge on any atom is 0.159 e. The van der Waals surface area contributed by atoms with Crippen molar-refractivity contribution >= 4 is 77.4 Å². The maximum atomic E-state index is 6.58. The minimum absolute atomic E-state index is 0.372. The summed E-state index contributed by atoms with van der Waals surface area (Å²) in [5.41, 5.74) is 11.9. The lowest BCUT2D eigenvalue weighted by molar-refractivity contribution is 0.662. The van der Waals surface area contributed by atoms with Crippen LogP contribution in [0.15, 0.2) is 201 Å². The summed E-state index contributed by atoms with van der Waals surface area (Å²) in [6.07, 6.45) is -0.372. The molecule has 0 aliphatic carbocycles. The Balaban J connectivity index is 0.931. The topological polar surface area (TPSA) is 68.0 Å². The number of rotatable bonds is 5. The number of furan rings is 2. The number of aromatic nitrogens is 1. The van der Waals surface area contributed by atoms with Crippen molar-refractivity contribution in [2.24, 2.45) is 9.98 Å². The van der Waals surface area contributed by atoms with Crippen LogP contribution in [-0.4, -0.2) is 16.2 Å². The van der Waals surface area contributed by atoms with Gasteiger partial charge in [-0.25, -0.2) is 9.98 Å². The van der Waals surface area contributed by atoms with Gasteiger partial charge >= 0.3 is 0 Å². The minimum Gasteiger partial charge on any atom is -0.456 e. The molecule has 0 amide bonds. The van der Waals surface area contributed by atoms with Gasteiger partial charge in [0.2, 0.25) is 0 Å². The zero-order valence-electron chi connectivity index (χ0n) is 30.6. The lowest BCUT2D eigenvalue weighted by Gasteiger charge is -2.24. The van der Waals surface area contributed by atoms with Crippen molar-refractivity contribution in [1.29, 1.82) is 0 Å². The minimum atomic E-state index is -0.372. The van der Waals surface area contributed by atoms with Gasteiger partial charge in [-0.15, -0.1) is 0 Å². The molecule has 6 heteroatoms. The Labute approximate surface area is 326 Å². The van der Waals surface area contributed by atoms with Crippen LogP contribution in [-0.2, 0) is 0 Å². The fourth-order valence-corrected chi connectivity index (χ4v) is 8.61. The first kappa shape index (κ1) is 31.6. The third kappa shape index (κ3) is 5.04. The van der Waals surface area contributed by atoms with E-state index in [1.54, 1.807) is 0 Å². The Morgan fingerprint density at radius 3 is 1.81 bits per heavy atom. The van der Waals surface area contributed by atoms with Gasteiger partial charge in [0.1, 0.15) is 34.3 Å². The highest BCUT2D eigenvalue weighted by Gasteiger charge is 2.25. The van der Waals surface area contributed by atoms with Crippen LogP contribution < -0.4 is 5.32 Å². The van der Waals surface area contributed by atoms with E-state index in [1.807, 2.05) is 48.5 Å². The van der Waals surface area contributed by atoms with Crippen LogP contribution in [0.2, 0.25) is 0 Å². The van der Waals surface area contributed by atoms with Crippen LogP contribution >= 0.6 is 0 Å². The van der Waals surface area contributed by atoms with Gasteiger partial charge in [0, 0.05) is 54.7 Å². The number of hydrogen-bond acceptors (Lipinski definition) is 5. The number of fused-ring (bicyclic) bond motifs is 9. The van der Waals surface area contributed by atoms with Gasteiger partial charge < -0.3 is 18.7 Å². The summed E-state index contributed by atoms with van der Waals surface area (Å²) in [7, 11) is 0. The first-order chi connectivity index (χ1) is 28.2. The van der Waals surface area contributed by atoms with Crippen LogP contribution in [0.3, 0.4) is 0 Å². The molecule has 0 fully saturated rings. The Morgan fingerprint density at radius 2 is 1.07 bits per heavy atom. The van der Waals surface area contributed by atoms with Crippen molar-refractivity contribution in [3.8, 4) is 16.8 Å². The fraction of sp³-hybridized carbons (Fsp3) is 0.0196. The highest BCUT2D eigenvalue weighted by atomic mass is 16.3. The zero-order valence-corrected chi connectivity index (χ0v) is 30.6. The molecule has 6 nitrogen and oxygen atoms in total. The van der Waals surface area contributed by atoms with Crippen molar-refractivity contribution < 1.29 is 8.83 Å². The number of para-hydroxylation sites is 2. The molecule has 1 unspecified atom stereocenters. The third-order valence-corrected chi connectivity index (χ3v) is 11.3. The molecule has 0 bridgehead atoms. The van der Waals surface area contributed by atoms with E-state index in [4.69, 9.17) is 18.8 Å². The second-order valence-electron chi connectivity index (χ2n) is 14.6. The van der Waals surface area contributed by atoms with Gasteiger partial charge in [0.25, 0.3) is 0 Å². The monoisotopic (exact) mass is 732 g/mol. The summed E-state index contributed by atoms with van der Waals surface area (Å²) in [6.45, 7) is 0. The van der Waals surface area contributed by atoms with E-state index in [2.05, 4.69) is 143 Å². The normalized spacial score (nSPS) is 14.5. The lowest BCUT2D eigenvalue weighted by Crippen LogP contribution is -2.33. The van der Waals surface area contributed by atoms with Crippen molar-refractivity contribution in [2.75, 3.05) is 0 Å². The average molecular weight is 733 g/mol. The predicted molar refractivity (Wildman–Crippen MR) is 233 cm³/mol. The van der Waals surface area contributed by atoms with Crippen LogP contribution in [0.4, 0.5) is 0 Å². The van der Waals surface area contributed by atoms with E-state index >= 15 is 0 Å². The van der Waals surface area contributed by atoms with Crippen molar-refractivity contribution in [3.63, 3.8) is 0 Å². The highest BCUT2D eigenvalue weighted by molar-refractivity contribution is 6.15. The number of nitrogens with one attached hydrogen (secondary N) is 1. The van der Waals surface area contributed by atoms with E-state index < -0.39 is 0 Å². The second-order valence-corrected chi connectivity index (χ2v) is 14.6. The summed E-state index contributed by atoms with van der Waals surface area (Å²) in [4.78, 5) is 10.1. The zero-order chi connectivity index (χ0) is 37.5. The van der Waals surface area contributed by atoms with E-state index in [1.165, 1.54) is 21.8 Å². The number of benzene rings is 8. The van der Waals surface area contributed by atoms with Gasteiger partial charge in [0.15, 0.2) is 5.84 Å². The molecule has 0 saturated carbocycles. The molecule has 3 aromatic heterocycles. The molecule has 0 saturated heterocycles. The number of hydrogen-bond donors (Lipinski definition) is 1. The molecule has 0 radical (unpaired) electrons. The Morgan fingerprint density at radius 1 is 0.439 bits per heavy atom. The van der Waals surface area contributed by atoms with Crippen LogP contribution in [0, 0.1) is 0 Å². The Kier molecular flexibility index (Phi) is 6.89. The molecular formula is C51H32N4O2. The maximum absolute atomic E-state index is 6.58. The average Bonchev–Trinajstić information content (AvgIpc) is 3.95. The predicted octanol–water partition coefficient (Wildman–Crippen LogP) is 12.7. The van der Waals surface area contributed by atoms with E-state index in [0.717, 1.165) is 83.2 Å². The highest BCUT2D eigenvalue weighted by Crippen LogP contribution is 2.40. The van der Waals surface area contributed by atoms with Crippen molar-refractivity contribution in [3.05, 3.63) is 199 Å². The molecule has 8 aromatic carbocycles. The van der Waals surface area contributed by atoms with Crippen LogP contribution in [0.1, 0.15) is 22.9 Å². The van der Waals surface area contributed by atoms with Gasteiger partial charge in [-0.3, -0.25) is 0 Å². The summed E-state index contributed by atoms with van der Waals surface area (Å²) in [5.74, 6) is 1.47. The van der Waals surface area contributed by atoms with E-state index in [-0.39, 0.29) is 6.17 Å². The molecule has 1 aliphatic rings. The summed E-state index contributed by atoms with van der Waals surface area (Å²) >= 11 is 0. The van der Waals surface area contributed by atoms with Crippen LogP contribution in [0.5, 0.6) is 0 Å². The number of aliphatic imine (C=N–C) groups is 2. The molecule has 11 aromatic rings. The Bertz CT molecular complexity index is 3390. The summed E-state index contributed by atoms with van der Waals surface area (Å²) in [6, 6.07) is 63.2. The van der Waals surface area contributed by atoms with Gasteiger partial charge in [-0.1, -0.05) is 121 Å². The quantitative estimate of drug-likeness (QED) is 0.192. The SMILES string of the molecule is c1ccc(C2=NC(c3cccc4oc5cc(-c6ccc7c(c6)oc6ccc(-n8c9ccccc9c9ccccc98)cc67)ccc5c34)NC(c3ccccc3)=N2)cc1. The molecule has 57 heavy (non-hydrogen) atoms. The van der Waals surface area contributed by atoms with Gasteiger partial charge in [0.05, 0.1) is 11.0 Å². The molecular weight excluding hydrogens is 701 g/mol. The molecule has 0 spiro atoms. The van der Waals surface area contributed by atoms with Crippen molar-refractivity contribution in [1.82, 2.24) is 9.88 Å². The number of amidine groups is 2. The first-order valence-electron chi connectivity index (χ1n) is 19.2. The van der Waals surface area contributed by atoms with E-state index in [0.29, 0.717) is 5.84 Å². The molecule has 268 valence electrons.